The Hall–Kier alpha value is -0.900. The highest BCUT2D eigenvalue weighted by Gasteiger charge is 2.21. The van der Waals surface area contributed by atoms with Crippen LogP contribution in [0, 0.1) is 6.92 Å². The number of hydrogen-bond donors (Lipinski definition) is 0. The van der Waals surface area contributed by atoms with Gasteiger partial charge in [-0.15, -0.1) is 11.3 Å². The van der Waals surface area contributed by atoms with Gasteiger partial charge < -0.3 is 4.90 Å². The summed E-state index contributed by atoms with van der Waals surface area (Å²) in [6, 6.07) is 0. The molecule has 0 atom stereocenters. The van der Waals surface area contributed by atoms with Crippen LogP contribution < -0.4 is 0 Å². The van der Waals surface area contributed by atoms with E-state index in [0.29, 0.717) is 5.01 Å². The molecule has 70 valence electrons. The van der Waals surface area contributed by atoms with Crippen molar-refractivity contribution in [2.45, 2.75) is 19.8 Å². The van der Waals surface area contributed by atoms with Crippen molar-refractivity contribution >= 4 is 17.2 Å². The van der Waals surface area contributed by atoms with Gasteiger partial charge in [0.2, 0.25) is 0 Å². The Balaban J connectivity index is 2.12. The van der Waals surface area contributed by atoms with E-state index in [1.807, 2.05) is 11.8 Å². The van der Waals surface area contributed by atoms with E-state index in [9.17, 15) is 4.79 Å². The molecule has 2 heterocycles. The highest BCUT2D eigenvalue weighted by molar-refractivity contribution is 7.13. The van der Waals surface area contributed by atoms with Gasteiger partial charge in [0.05, 0.1) is 0 Å². The van der Waals surface area contributed by atoms with Crippen LogP contribution in [0.5, 0.6) is 0 Å². The predicted octanol–water partition coefficient (Wildman–Crippen LogP) is 1.69. The van der Waals surface area contributed by atoms with E-state index in [4.69, 9.17) is 0 Å². The second-order valence-corrected chi connectivity index (χ2v) is 4.51. The number of thiazole rings is 1. The molecule has 1 aliphatic heterocycles. The minimum Gasteiger partial charge on any atom is -0.337 e. The maximum atomic E-state index is 11.7. The van der Waals surface area contributed by atoms with E-state index in [1.54, 1.807) is 6.20 Å². The summed E-state index contributed by atoms with van der Waals surface area (Å²) in [5.41, 5.74) is 0. The van der Waals surface area contributed by atoms with Crippen LogP contribution in [0.4, 0.5) is 0 Å². The molecule has 0 radical (unpaired) electrons. The molecule has 0 spiro atoms. The summed E-state index contributed by atoms with van der Waals surface area (Å²) in [5, 5.41) is 0.638. The van der Waals surface area contributed by atoms with Gasteiger partial charge in [-0.3, -0.25) is 4.79 Å². The summed E-state index contributed by atoms with van der Waals surface area (Å²) in [4.78, 5) is 18.8. The Morgan fingerprint density at radius 2 is 2.23 bits per heavy atom. The third kappa shape index (κ3) is 1.72. The first-order valence-corrected chi connectivity index (χ1v) is 5.31. The van der Waals surface area contributed by atoms with Gasteiger partial charge in [0.25, 0.3) is 5.91 Å². The average molecular weight is 196 g/mol. The fourth-order valence-corrected chi connectivity index (χ4v) is 2.24. The fourth-order valence-electron chi connectivity index (χ4n) is 1.51. The Morgan fingerprint density at radius 1 is 1.54 bits per heavy atom. The van der Waals surface area contributed by atoms with E-state index in [1.165, 1.54) is 11.3 Å². The van der Waals surface area contributed by atoms with Crippen LogP contribution in [-0.4, -0.2) is 28.9 Å². The molecule has 1 saturated heterocycles. The molecule has 1 aromatic rings. The molecule has 4 heteroatoms. The Labute approximate surface area is 81.4 Å². The summed E-state index contributed by atoms with van der Waals surface area (Å²) in [7, 11) is 0. The number of aromatic nitrogens is 1. The van der Waals surface area contributed by atoms with Gasteiger partial charge in [-0.05, 0) is 19.8 Å². The van der Waals surface area contributed by atoms with Crippen molar-refractivity contribution in [1.82, 2.24) is 9.88 Å². The van der Waals surface area contributed by atoms with Crippen molar-refractivity contribution in [3.8, 4) is 0 Å². The van der Waals surface area contributed by atoms with Gasteiger partial charge in [0.15, 0.2) is 5.01 Å². The van der Waals surface area contributed by atoms with Crippen LogP contribution in [0.2, 0.25) is 0 Å². The predicted molar refractivity (Wildman–Crippen MR) is 52.0 cm³/mol. The van der Waals surface area contributed by atoms with Crippen LogP contribution in [-0.2, 0) is 0 Å². The molecule has 0 saturated carbocycles. The molecule has 0 unspecified atom stereocenters. The van der Waals surface area contributed by atoms with E-state index in [0.717, 1.165) is 30.8 Å². The van der Waals surface area contributed by atoms with Crippen molar-refractivity contribution in [2.24, 2.45) is 0 Å². The molecule has 0 N–H and O–H groups in total. The largest absolute Gasteiger partial charge is 0.337 e. The van der Waals surface area contributed by atoms with Crippen LogP contribution >= 0.6 is 11.3 Å². The molecule has 1 amide bonds. The first-order chi connectivity index (χ1) is 6.27. The number of rotatable bonds is 1. The Bertz CT molecular complexity index is 315. The second kappa shape index (κ2) is 3.46. The first kappa shape index (κ1) is 8.69. The Morgan fingerprint density at radius 3 is 2.77 bits per heavy atom. The molecule has 3 nitrogen and oxygen atoms in total. The molecule has 1 fully saturated rings. The topological polar surface area (TPSA) is 33.2 Å². The summed E-state index contributed by atoms with van der Waals surface area (Å²) in [6.45, 7) is 3.77. The number of amides is 1. The second-order valence-electron chi connectivity index (χ2n) is 3.28. The zero-order valence-corrected chi connectivity index (χ0v) is 8.43. The molecule has 0 bridgehead atoms. The van der Waals surface area contributed by atoms with Crippen molar-refractivity contribution in [3.63, 3.8) is 0 Å². The van der Waals surface area contributed by atoms with E-state index < -0.39 is 0 Å². The third-order valence-electron chi connectivity index (χ3n) is 2.20. The standard InChI is InChI=1S/C9H12N2OS/c1-7-6-10-8(13-7)9(12)11-4-2-3-5-11/h6H,2-5H2,1H3. The number of aryl methyl sites for hydroxylation is 1. The molecular formula is C9H12N2OS. The van der Waals surface area contributed by atoms with Gasteiger partial charge in [-0.2, -0.15) is 0 Å². The zero-order valence-electron chi connectivity index (χ0n) is 7.62. The SMILES string of the molecule is Cc1cnc(C(=O)N2CCCC2)s1. The number of carbonyl (C=O) groups is 1. The first-order valence-electron chi connectivity index (χ1n) is 4.49. The number of likely N-dealkylation sites (tertiary alicyclic amines) is 1. The minimum absolute atomic E-state index is 0.107. The number of hydrogen-bond acceptors (Lipinski definition) is 3. The Kier molecular flexibility index (Phi) is 2.31. The summed E-state index contributed by atoms with van der Waals surface area (Å²) >= 11 is 1.48. The lowest BCUT2D eigenvalue weighted by Crippen LogP contribution is -2.27. The quantitative estimate of drug-likeness (QED) is 0.684. The van der Waals surface area contributed by atoms with Crippen LogP contribution in [0.15, 0.2) is 6.20 Å². The van der Waals surface area contributed by atoms with Crippen LogP contribution in [0.3, 0.4) is 0 Å². The zero-order chi connectivity index (χ0) is 9.26. The lowest BCUT2D eigenvalue weighted by molar-refractivity contribution is 0.0792. The molecule has 2 rings (SSSR count). The number of carbonyl (C=O) groups excluding carboxylic acids is 1. The van der Waals surface area contributed by atoms with Crippen molar-refractivity contribution in [2.75, 3.05) is 13.1 Å². The smallest absolute Gasteiger partial charge is 0.282 e. The van der Waals surface area contributed by atoms with Gasteiger partial charge in [0.1, 0.15) is 0 Å². The van der Waals surface area contributed by atoms with Crippen molar-refractivity contribution < 1.29 is 4.79 Å². The molecule has 0 aliphatic carbocycles. The average Bonchev–Trinajstić information content (AvgIpc) is 2.72. The van der Waals surface area contributed by atoms with Gasteiger partial charge in [0, 0.05) is 24.2 Å². The van der Waals surface area contributed by atoms with Crippen molar-refractivity contribution in [1.29, 1.82) is 0 Å². The number of nitrogens with zero attached hydrogens (tertiary/aromatic N) is 2. The van der Waals surface area contributed by atoms with E-state index in [2.05, 4.69) is 4.98 Å². The fraction of sp³-hybridized carbons (Fsp3) is 0.556. The minimum atomic E-state index is 0.107. The maximum Gasteiger partial charge on any atom is 0.282 e. The summed E-state index contributed by atoms with van der Waals surface area (Å²) in [5.74, 6) is 0.107. The molecular weight excluding hydrogens is 184 g/mol. The van der Waals surface area contributed by atoms with E-state index in [-0.39, 0.29) is 5.91 Å². The summed E-state index contributed by atoms with van der Waals surface area (Å²) < 4.78 is 0. The van der Waals surface area contributed by atoms with Crippen LogP contribution in [0.25, 0.3) is 0 Å². The maximum absolute atomic E-state index is 11.7. The van der Waals surface area contributed by atoms with Crippen LogP contribution in [0.1, 0.15) is 27.5 Å². The normalized spacial score (nSPS) is 16.5. The monoisotopic (exact) mass is 196 g/mol. The van der Waals surface area contributed by atoms with Crippen molar-refractivity contribution in [3.05, 3.63) is 16.1 Å². The van der Waals surface area contributed by atoms with E-state index >= 15 is 0 Å². The lowest BCUT2D eigenvalue weighted by Gasteiger charge is -2.12. The van der Waals surface area contributed by atoms with Gasteiger partial charge >= 0.3 is 0 Å². The molecule has 13 heavy (non-hydrogen) atoms. The molecule has 1 aromatic heterocycles. The van der Waals surface area contributed by atoms with Gasteiger partial charge in [-0.25, -0.2) is 4.98 Å². The lowest BCUT2D eigenvalue weighted by atomic mass is 10.4. The highest BCUT2D eigenvalue weighted by Crippen LogP contribution is 2.16. The molecule has 0 aromatic carbocycles. The molecule has 1 aliphatic rings. The third-order valence-corrected chi connectivity index (χ3v) is 3.10. The highest BCUT2D eigenvalue weighted by atomic mass is 32.1. The van der Waals surface area contributed by atoms with Gasteiger partial charge in [-0.1, -0.05) is 0 Å². The summed E-state index contributed by atoms with van der Waals surface area (Å²) in [6.07, 6.45) is 4.03.